The SMILES string of the molecule is CCCCCCCCCCCCCCCCCCC(=O)O[C@H](COC(=O)CCCCCCCCCCCCCC)COP(=O)(O)OC[C@@H](O)COP(=O)(O)OC[C@@H](COC(=O)CCCCCCC)OC(=O)CCCCCCCCCCCCC. The summed E-state index contributed by atoms with van der Waals surface area (Å²) in [6.07, 6.45) is 46.1. The molecule has 0 radical (unpaired) electrons. The molecule has 3 N–H and O–H groups in total. The molecule has 0 aliphatic rings. The van der Waals surface area contributed by atoms with Gasteiger partial charge in [-0.15, -0.1) is 0 Å². The first-order valence-electron chi connectivity index (χ1n) is 34.3. The molecule has 2 unspecified atom stereocenters. The molecule has 498 valence electrons. The molecule has 0 aliphatic carbocycles. The molecule has 19 heteroatoms. The first kappa shape index (κ1) is 82.1. The van der Waals surface area contributed by atoms with Crippen molar-refractivity contribution in [3.05, 3.63) is 0 Å². The van der Waals surface area contributed by atoms with Crippen molar-refractivity contribution >= 4 is 39.5 Å². The van der Waals surface area contributed by atoms with Crippen LogP contribution in [0, 0.1) is 0 Å². The van der Waals surface area contributed by atoms with Crippen LogP contribution in [0.25, 0.3) is 0 Å². The lowest BCUT2D eigenvalue weighted by molar-refractivity contribution is -0.161. The predicted octanol–water partition coefficient (Wildman–Crippen LogP) is 18.3. The van der Waals surface area contributed by atoms with E-state index in [0.717, 1.165) is 96.3 Å². The van der Waals surface area contributed by atoms with Crippen LogP contribution in [0.2, 0.25) is 0 Å². The monoisotopic (exact) mass is 1240 g/mol. The van der Waals surface area contributed by atoms with E-state index < -0.39 is 97.5 Å². The molecule has 0 spiro atoms. The molecular weight excluding hydrogens is 1110 g/mol. The molecule has 0 aromatic rings. The number of phosphoric ester groups is 2. The molecule has 0 saturated heterocycles. The molecule has 0 rings (SSSR count). The van der Waals surface area contributed by atoms with Crippen LogP contribution in [0.5, 0.6) is 0 Å². The van der Waals surface area contributed by atoms with E-state index >= 15 is 0 Å². The molecule has 17 nitrogen and oxygen atoms in total. The summed E-state index contributed by atoms with van der Waals surface area (Å²) in [5.41, 5.74) is 0. The number of hydrogen-bond donors (Lipinski definition) is 3. The fraction of sp³-hybridized carbons (Fsp3) is 0.938. The van der Waals surface area contributed by atoms with Crippen molar-refractivity contribution in [2.75, 3.05) is 39.6 Å². The van der Waals surface area contributed by atoms with Crippen LogP contribution < -0.4 is 0 Å². The Morgan fingerprint density at radius 3 is 0.702 bits per heavy atom. The number of aliphatic hydroxyl groups is 1. The average molecular weight is 1240 g/mol. The zero-order chi connectivity index (χ0) is 61.9. The molecule has 0 aliphatic heterocycles. The Bertz CT molecular complexity index is 1620. The van der Waals surface area contributed by atoms with E-state index in [4.69, 9.17) is 37.0 Å². The van der Waals surface area contributed by atoms with Crippen LogP contribution >= 0.6 is 15.6 Å². The van der Waals surface area contributed by atoms with Gasteiger partial charge in [-0.1, -0.05) is 285 Å². The van der Waals surface area contributed by atoms with Gasteiger partial charge in [-0.2, -0.15) is 0 Å². The molecular formula is C65H126O17P2. The van der Waals surface area contributed by atoms with Crippen molar-refractivity contribution in [3.8, 4) is 0 Å². The second-order valence-corrected chi connectivity index (χ2v) is 26.4. The molecule has 0 aromatic carbocycles. The molecule has 0 bridgehead atoms. The first-order valence-corrected chi connectivity index (χ1v) is 37.3. The zero-order valence-electron chi connectivity index (χ0n) is 53.9. The minimum absolute atomic E-state index is 0.106. The summed E-state index contributed by atoms with van der Waals surface area (Å²) in [7, 11) is -9.88. The number of rotatable bonds is 66. The first-order chi connectivity index (χ1) is 40.7. The molecule has 5 atom stereocenters. The second kappa shape index (κ2) is 60.0. The van der Waals surface area contributed by atoms with Gasteiger partial charge < -0.3 is 33.8 Å². The van der Waals surface area contributed by atoms with Gasteiger partial charge in [0.25, 0.3) is 0 Å². The Morgan fingerprint density at radius 2 is 0.476 bits per heavy atom. The van der Waals surface area contributed by atoms with Crippen molar-refractivity contribution in [3.63, 3.8) is 0 Å². The van der Waals surface area contributed by atoms with Gasteiger partial charge in [0.15, 0.2) is 12.2 Å². The van der Waals surface area contributed by atoms with E-state index in [9.17, 15) is 43.2 Å². The highest BCUT2D eigenvalue weighted by molar-refractivity contribution is 7.47. The Morgan fingerprint density at radius 1 is 0.286 bits per heavy atom. The predicted molar refractivity (Wildman–Crippen MR) is 335 cm³/mol. The third-order valence-electron chi connectivity index (χ3n) is 15.1. The van der Waals surface area contributed by atoms with E-state index in [0.29, 0.717) is 25.7 Å². The van der Waals surface area contributed by atoms with Gasteiger partial charge in [0, 0.05) is 25.7 Å². The van der Waals surface area contributed by atoms with Gasteiger partial charge >= 0.3 is 39.5 Å². The molecule has 84 heavy (non-hydrogen) atoms. The average Bonchev–Trinajstić information content (AvgIpc) is 3.57. The Balaban J connectivity index is 5.16. The topological polar surface area (TPSA) is 237 Å². The van der Waals surface area contributed by atoms with Gasteiger partial charge in [-0.05, 0) is 25.7 Å². The highest BCUT2D eigenvalue weighted by Gasteiger charge is 2.30. The molecule has 0 saturated carbocycles. The third-order valence-corrected chi connectivity index (χ3v) is 17.0. The fourth-order valence-corrected chi connectivity index (χ4v) is 11.4. The largest absolute Gasteiger partial charge is 0.472 e. The van der Waals surface area contributed by atoms with Crippen molar-refractivity contribution in [2.45, 2.75) is 354 Å². The van der Waals surface area contributed by atoms with Crippen molar-refractivity contribution in [1.82, 2.24) is 0 Å². The highest BCUT2D eigenvalue weighted by atomic mass is 31.2. The lowest BCUT2D eigenvalue weighted by Gasteiger charge is -2.21. The van der Waals surface area contributed by atoms with Gasteiger partial charge in [-0.3, -0.25) is 37.3 Å². The van der Waals surface area contributed by atoms with Crippen LogP contribution in [0.1, 0.15) is 336 Å². The van der Waals surface area contributed by atoms with Crippen LogP contribution in [0.15, 0.2) is 0 Å². The Kier molecular flexibility index (Phi) is 58.6. The molecule has 0 amide bonds. The van der Waals surface area contributed by atoms with Gasteiger partial charge in [-0.25, -0.2) is 9.13 Å². The highest BCUT2D eigenvalue weighted by Crippen LogP contribution is 2.45. The fourth-order valence-electron chi connectivity index (χ4n) is 9.81. The molecule has 0 heterocycles. The maximum atomic E-state index is 13.0. The number of phosphoric acid groups is 2. The summed E-state index contributed by atoms with van der Waals surface area (Å²) in [4.78, 5) is 72.0. The van der Waals surface area contributed by atoms with Crippen molar-refractivity contribution in [1.29, 1.82) is 0 Å². The quantitative estimate of drug-likeness (QED) is 0.0222. The molecule has 0 aromatic heterocycles. The van der Waals surface area contributed by atoms with Crippen LogP contribution in [0.3, 0.4) is 0 Å². The lowest BCUT2D eigenvalue weighted by Crippen LogP contribution is -2.30. The lowest BCUT2D eigenvalue weighted by atomic mass is 10.0. The van der Waals surface area contributed by atoms with Crippen LogP contribution in [-0.4, -0.2) is 96.7 Å². The van der Waals surface area contributed by atoms with Gasteiger partial charge in [0.05, 0.1) is 26.4 Å². The number of unbranched alkanes of at least 4 members (excludes halogenated alkanes) is 40. The summed E-state index contributed by atoms with van der Waals surface area (Å²) in [6.45, 7) is 4.82. The normalized spacial score (nSPS) is 14.1. The van der Waals surface area contributed by atoms with E-state index in [1.165, 1.54) is 161 Å². The summed E-state index contributed by atoms with van der Waals surface area (Å²) < 4.78 is 67.9. The number of aliphatic hydroxyl groups excluding tert-OH is 1. The van der Waals surface area contributed by atoms with E-state index in [1.54, 1.807) is 0 Å². The second-order valence-electron chi connectivity index (χ2n) is 23.5. The number of carbonyl (C=O) groups is 4. The van der Waals surface area contributed by atoms with E-state index in [2.05, 4.69) is 27.7 Å². The summed E-state index contributed by atoms with van der Waals surface area (Å²) >= 11 is 0. The Hall–Kier alpha value is -1.94. The summed E-state index contributed by atoms with van der Waals surface area (Å²) in [6, 6.07) is 0. The smallest absolute Gasteiger partial charge is 0.462 e. The van der Waals surface area contributed by atoms with Crippen molar-refractivity contribution < 1.29 is 80.2 Å². The number of hydrogen-bond acceptors (Lipinski definition) is 15. The minimum Gasteiger partial charge on any atom is -0.462 e. The summed E-state index contributed by atoms with van der Waals surface area (Å²) in [5.74, 6) is -2.14. The maximum Gasteiger partial charge on any atom is 0.472 e. The van der Waals surface area contributed by atoms with Crippen LogP contribution in [-0.2, 0) is 65.4 Å². The summed E-state index contributed by atoms with van der Waals surface area (Å²) in [5, 5.41) is 10.5. The van der Waals surface area contributed by atoms with Gasteiger partial charge in [0.2, 0.25) is 0 Å². The third kappa shape index (κ3) is 59.0. The maximum absolute atomic E-state index is 13.0. The number of carbonyl (C=O) groups excluding carboxylic acids is 4. The number of esters is 4. The van der Waals surface area contributed by atoms with E-state index in [1.807, 2.05) is 0 Å². The van der Waals surface area contributed by atoms with Crippen molar-refractivity contribution in [2.24, 2.45) is 0 Å². The zero-order valence-corrected chi connectivity index (χ0v) is 55.7. The standard InChI is InChI=1S/C65H126O17P2/c1-5-9-13-17-20-23-26-28-29-30-31-34-37-40-44-48-52-65(70)82-61(56-76-63(68)50-46-42-38-35-33-27-24-21-18-14-10-6-2)58-80-84(73,74)78-54-59(66)53-77-83(71,72)79-57-60(55-75-62(67)49-45-41-16-12-8-4)81-64(69)51-47-43-39-36-32-25-22-19-15-11-7-3/h59-61,66H,5-58H2,1-4H3,(H,71,72)(H,73,74)/t59-,60+,61+/m0/s1. The van der Waals surface area contributed by atoms with Gasteiger partial charge in [0.1, 0.15) is 19.3 Å². The molecule has 0 fully saturated rings. The van der Waals surface area contributed by atoms with E-state index in [-0.39, 0.29) is 25.7 Å². The number of ether oxygens (including phenoxy) is 4. The minimum atomic E-state index is -4.94. The Labute approximate surface area is 511 Å². The van der Waals surface area contributed by atoms with Crippen LogP contribution in [0.4, 0.5) is 0 Å².